The summed E-state index contributed by atoms with van der Waals surface area (Å²) < 4.78 is 20.1. The normalized spacial score (nSPS) is 10.8. The van der Waals surface area contributed by atoms with Gasteiger partial charge in [-0.25, -0.2) is 9.07 Å². The first kappa shape index (κ1) is 11.6. The summed E-state index contributed by atoms with van der Waals surface area (Å²) in [5, 5.41) is 8.19. The second-order valence-corrected chi connectivity index (χ2v) is 4.19. The van der Waals surface area contributed by atoms with E-state index in [1.54, 1.807) is 10.7 Å². The Balaban J connectivity index is 2.01. The molecule has 96 valence electrons. The average Bonchev–Trinajstić information content (AvgIpc) is 2.84. The highest BCUT2D eigenvalue weighted by molar-refractivity contribution is 5.73. The Bertz CT molecular complexity index is 724. The zero-order valence-corrected chi connectivity index (χ0v) is 10.4. The molecular weight excluding hydrogens is 245 g/mol. The monoisotopic (exact) mass is 257 g/mol. The van der Waals surface area contributed by atoms with Crippen LogP contribution in [0.4, 0.5) is 4.39 Å². The number of benzene rings is 2. The van der Waals surface area contributed by atoms with Crippen molar-refractivity contribution in [3.05, 3.63) is 53.8 Å². The van der Waals surface area contributed by atoms with Crippen LogP contribution >= 0.6 is 0 Å². The van der Waals surface area contributed by atoms with Crippen molar-refractivity contribution in [1.82, 2.24) is 15.0 Å². The molecule has 0 aliphatic heterocycles. The highest BCUT2D eigenvalue weighted by Gasteiger charge is 2.09. The van der Waals surface area contributed by atoms with Crippen molar-refractivity contribution < 1.29 is 9.13 Å². The molecule has 0 saturated carbocycles. The van der Waals surface area contributed by atoms with Crippen molar-refractivity contribution in [3.8, 4) is 5.75 Å². The molecule has 1 heterocycles. The van der Waals surface area contributed by atoms with Crippen LogP contribution in [-0.4, -0.2) is 22.1 Å². The van der Waals surface area contributed by atoms with Gasteiger partial charge in [-0.15, -0.1) is 5.10 Å². The molecule has 19 heavy (non-hydrogen) atoms. The van der Waals surface area contributed by atoms with Gasteiger partial charge < -0.3 is 4.74 Å². The zero-order valence-electron chi connectivity index (χ0n) is 10.4. The van der Waals surface area contributed by atoms with Gasteiger partial charge in [-0.05, 0) is 18.2 Å². The smallest absolute Gasteiger partial charge is 0.126 e. The molecule has 1 aromatic heterocycles. The molecule has 0 spiro atoms. The van der Waals surface area contributed by atoms with E-state index in [1.165, 1.54) is 19.2 Å². The molecule has 5 heteroatoms. The summed E-state index contributed by atoms with van der Waals surface area (Å²) in [6.07, 6.45) is 0. The van der Waals surface area contributed by atoms with E-state index >= 15 is 0 Å². The summed E-state index contributed by atoms with van der Waals surface area (Å²) in [5.41, 5.74) is 2.64. The SMILES string of the molecule is COc1cc(F)ccc1Cn1nnc2ccccc21. The fourth-order valence-corrected chi connectivity index (χ4v) is 2.04. The minimum atomic E-state index is -0.316. The molecule has 0 fully saturated rings. The van der Waals surface area contributed by atoms with Gasteiger partial charge in [0.1, 0.15) is 17.1 Å². The molecule has 0 N–H and O–H groups in total. The average molecular weight is 257 g/mol. The van der Waals surface area contributed by atoms with E-state index < -0.39 is 0 Å². The van der Waals surface area contributed by atoms with E-state index in [1.807, 2.05) is 24.3 Å². The molecule has 0 atom stereocenters. The highest BCUT2D eigenvalue weighted by atomic mass is 19.1. The lowest BCUT2D eigenvalue weighted by Crippen LogP contribution is -2.04. The Kier molecular flexibility index (Phi) is 2.87. The molecule has 0 saturated heterocycles. The van der Waals surface area contributed by atoms with Crippen LogP contribution in [0.15, 0.2) is 42.5 Å². The van der Waals surface area contributed by atoms with Crippen molar-refractivity contribution in [2.75, 3.05) is 7.11 Å². The minimum absolute atomic E-state index is 0.316. The Labute approximate surface area is 109 Å². The Hall–Kier alpha value is -2.43. The molecule has 0 aliphatic rings. The molecule has 3 rings (SSSR count). The number of para-hydroxylation sites is 1. The third-order valence-electron chi connectivity index (χ3n) is 2.99. The number of halogens is 1. The van der Waals surface area contributed by atoms with Gasteiger partial charge >= 0.3 is 0 Å². The third kappa shape index (κ3) is 2.14. The van der Waals surface area contributed by atoms with Crippen molar-refractivity contribution in [3.63, 3.8) is 0 Å². The number of rotatable bonds is 3. The van der Waals surface area contributed by atoms with Gasteiger partial charge in [0, 0.05) is 11.6 Å². The predicted octanol–water partition coefficient (Wildman–Crippen LogP) is 2.63. The van der Waals surface area contributed by atoms with Gasteiger partial charge in [0.15, 0.2) is 0 Å². The third-order valence-corrected chi connectivity index (χ3v) is 2.99. The molecule has 0 unspecified atom stereocenters. The van der Waals surface area contributed by atoms with E-state index in [4.69, 9.17) is 4.74 Å². The number of fused-ring (bicyclic) bond motifs is 1. The number of hydrogen-bond donors (Lipinski definition) is 0. The molecule has 0 radical (unpaired) electrons. The summed E-state index contributed by atoms with van der Waals surface area (Å²) in [6.45, 7) is 0.490. The maximum atomic E-state index is 13.2. The number of hydrogen-bond acceptors (Lipinski definition) is 3. The lowest BCUT2D eigenvalue weighted by atomic mass is 10.2. The second-order valence-electron chi connectivity index (χ2n) is 4.19. The maximum Gasteiger partial charge on any atom is 0.126 e. The first-order valence-corrected chi connectivity index (χ1v) is 5.88. The van der Waals surface area contributed by atoms with Crippen molar-refractivity contribution in [1.29, 1.82) is 0 Å². The van der Waals surface area contributed by atoms with Gasteiger partial charge in [0.05, 0.1) is 19.2 Å². The maximum absolute atomic E-state index is 13.2. The summed E-state index contributed by atoms with van der Waals surface area (Å²) in [5.74, 6) is 0.198. The highest BCUT2D eigenvalue weighted by Crippen LogP contribution is 2.21. The van der Waals surface area contributed by atoms with E-state index in [-0.39, 0.29) is 5.82 Å². The number of nitrogens with zero attached hydrogens (tertiary/aromatic N) is 3. The van der Waals surface area contributed by atoms with Gasteiger partial charge in [-0.3, -0.25) is 0 Å². The van der Waals surface area contributed by atoms with Crippen LogP contribution in [0.1, 0.15) is 5.56 Å². The fraction of sp³-hybridized carbons (Fsp3) is 0.143. The second kappa shape index (κ2) is 4.68. The zero-order chi connectivity index (χ0) is 13.2. The van der Waals surface area contributed by atoms with E-state index in [2.05, 4.69) is 10.3 Å². The molecule has 2 aromatic carbocycles. The minimum Gasteiger partial charge on any atom is -0.496 e. The van der Waals surface area contributed by atoms with E-state index in [0.29, 0.717) is 12.3 Å². The van der Waals surface area contributed by atoms with Gasteiger partial charge in [-0.2, -0.15) is 0 Å². The lowest BCUT2D eigenvalue weighted by Gasteiger charge is -2.08. The Morgan fingerprint density at radius 2 is 2.05 bits per heavy atom. The van der Waals surface area contributed by atoms with Crippen molar-refractivity contribution >= 4 is 11.0 Å². The van der Waals surface area contributed by atoms with Crippen LogP contribution in [-0.2, 0) is 6.54 Å². The van der Waals surface area contributed by atoms with Crippen LogP contribution in [0.2, 0.25) is 0 Å². The summed E-state index contributed by atoms with van der Waals surface area (Å²) in [7, 11) is 1.53. The van der Waals surface area contributed by atoms with Gasteiger partial charge in [0.2, 0.25) is 0 Å². The Morgan fingerprint density at radius 1 is 1.21 bits per heavy atom. The summed E-state index contributed by atoms with van der Waals surface area (Å²) >= 11 is 0. The van der Waals surface area contributed by atoms with E-state index in [0.717, 1.165) is 16.6 Å². The molecule has 0 aliphatic carbocycles. The van der Waals surface area contributed by atoms with Gasteiger partial charge in [0.25, 0.3) is 0 Å². The number of methoxy groups -OCH3 is 1. The van der Waals surface area contributed by atoms with Crippen LogP contribution in [0.5, 0.6) is 5.75 Å². The fourth-order valence-electron chi connectivity index (χ4n) is 2.04. The first-order valence-electron chi connectivity index (χ1n) is 5.88. The topological polar surface area (TPSA) is 39.9 Å². The molecular formula is C14H12FN3O. The largest absolute Gasteiger partial charge is 0.496 e. The first-order chi connectivity index (χ1) is 9.28. The molecule has 0 bridgehead atoms. The predicted molar refractivity (Wildman–Crippen MR) is 69.6 cm³/mol. The van der Waals surface area contributed by atoms with Crippen LogP contribution < -0.4 is 4.74 Å². The number of aromatic nitrogens is 3. The standard InChI is InChI=1S/C14H12FN3O/c1-19-14-8-11(15)7-6-10(14)9-18-13-5-3-2-4-12(13)16-17-18/h2-8H,9H2,1H3. The molecule has 4 nitrogen and oxygen atoms in total. The lowest BCUT2D eigenvalue weighted by molar-refractivity contribution is 0.404. The summed E-state index contributed by atoms with van der Waals surface area (Å²) in [6, 6.07) is 12.2. The van der Waals surface area contributed by atoms with Crippen molar-refractivity contribution in [2.45, 2.75) is 6.54 Å². The molecule has 3 aromatic rings. The van der Waals surface area contributed by atoms with Crippen molar-refractivity contribution in [2.24, 2.45) is 0 Å². The van der Waals surface area contributed by atoms with Crippen LogP contribution in [0.3, 0.4) is 0 Å². The quantitative estimate of drug-likeness (QED) is 0.724. The molecule has 0 amide bonds. The van der Waals surface area contributed by atoms with E-state index in [9.17, 15) is 4.39 Å². The van der Waals surface area contributed by atoms with Crippen LogP contribution in [0.25, 0.3) is 11.0 Å². The summed E-state index contributed by atoms with van der Waals surface area (Å²) in [4.78, 5) is 0. The Morgan fingerprint density at radius 3 is 2.89 bits per heavy atom. The number of ether oxygens (including phenoxy) is 1. The van der Waals surface area contributed by atoms with Gasteiger partial charge in [-0.1, -0.05) is 23.4 Å². The van der Waals surface area contributed by atoms with Crippen LogP contribution in [0, 0.1) is 5.82 Å².